The van der Waals surface area contributed by atoms with Crippen molar-refractivity contribution in [2.24, 2.45) is 5.73 Å². The number of primary amides is 1. The quantitative estimate of drug-likeness (QED) is 0.690. The Kier molecular flexibility index (Phi) is 5.19. The number of nitrogens with two attached hydrogens (primary N) is 1. The van der Waals surface area contributed by atoms with E-state index in [4.69, 9.17) is 17.3 Å². The molecule has 1 aromatic rings. The Morgan fingerprint density at radius 3 is 2.65 bits per heavy atom. The Morgan fingerprint density at radius 1 is 1.45 bits per heavy atom. The molecule has 0 fully saturated rings. The summed E-state index contributed by atoms with van der Waals surface area (Å²) in [6.45, 7) is -1.20. The summed E-state index contributed by atoms with van der Waals surface area (Å²) in [6.07, 6.45) is -3.57. The topological polar surface area (TPSA) is 102 Å². The number of hydrogen-bond donors (Lipinski definition) is 3. The molecule has 0 unspecified atom stereocenters. The Bertz CT molecular complexity index is 545. The van der Waals surface area contributed by atoms with Crippen LogP contribution in [-0.2, 0) is 6.54 Å². The fraction of sp³-hybridized carbons (Fsp3) is 0.444. The van der Waals surface area contributed by atoms with E-state index in [-0.39, 0.29) is 23.5 Å². The SMILES string of the molecule is NC(=O)NCCNc1cnn(CC(F)(F)F)c(=O)c1Cl. The van der Waals surface area contributed by atoms with Crippen LogP contribution in [-0.4, -0.2) is 35.1 Å². The van der Waals surface area contributed by atoms with Gasteiger partial charge in [-0.3, -0.25) is 4.79 Å². The fourth-order valence-corrected chi connectivity index (χ4v) is 1.47. The third-order valence-corrected chi connectivity index (χ3v) is 2.42. The van der Waals surface area contributed by atoms with E-state index in [0.717, 1.165) is 6.20 Å². The first-order chi connectivity index (χ1) is 9.20. The molecule has 112 valence electrons. The molecule has 0 atom stereocenters. The third-order valence-electron chi connectivity index (χ3n) is 2.05. The number of alkyl halides is 3. The largest absolute Gasteiger partial charge is 0.408 e. The highest BCUT2D eigenvalue weighted by Crippen LogP contribution is 2.18. The van der Waals surface area contributed by atoms with Gasteiger partial charge in [-0.1, -0.05) is 11.6 Å². The molecule has 0 aliphatic heterocycles. The van der Waals surface area contributed by atoms with E-state index in [1.807, 2.05) is 0 Å². The van der Waals surface area contributed by atoms with Gasteiger partial charge < -0.3 is 16.4 Å². The van der Waals surface area contributed by atoms with Crippen LogP contribution in [0.15, 0.2) is 11.0 Å². The molecule has 0 saturated carbocycles. The Balaban J connectivity index is 2.74. The van der Waals surface area contributed by atoms with E-state index in [1.54, 1.807) is 0 Å². The van der Waals surface area contributed by atoms with Gasteiger partial charge in [0.1, 0.15) is 11.6 Å². The van der Waals surface area contributed by atoms with Gasteiger partial charge in [0.25, 0.3) is 5.56 Å². The van der Waals surface area contributed by atoms with Gasteiger partial charge in [0, 0.05) is 13.1 Å². The van der Waals surface area contributed by atoms with Crippen LogP contribution in [0.5, 0.6) is 0 Å². The van der Waals surface area contributed by atoms with Crippen molar-refractivity contribution in [2.45, 2.75) is 12.7 Å². The lowest BCUT2D eigenvalue weighted by Crippen LogP contribution is -2.34. The van der Waals surface area contributed by atoms with Crippen LogP contribution in [0.3, 0.4) is 0 Å². The number of anilines is 1. The third kappa shape index (κ3) is 4.96. The number of halogens is 4. The number of carbonyl (C=O) groups is 1. The lowest BCUT2D eigenvalue weighted by atomic mass is 10.4. The molecule has 0 aromatic carbocycles. The summed E-state index contributed by atoms with van der Waals surface area (Å²) in [4.78, 5) is 21.9. The summed E-state index contributed by atoms with van der Waals surface area (Å²) in [6, 6.07) is -0.725. The highest BCUT2D eigenvalue weighted by atomic mass is 35.5. The van der Waals surface area contributed by atoms with Crippen molar-refractivity contribution in [2.75, 3.05) is 18.4 Å². The molecule has 1 rings (SSSR count). The van der Waals surface area contributed by atoms with Crippen LogP contribution in [0.1, 0.15) is 0 Å². The van der Waals surface area contributed by atoms with Gasteiger partial charge >= 0.3 is 12.2 Å². The van der Waals surface area contributed by atoms with Crippen LogP contribution in [0.25, 0.3) is 0 Å². The first-order valence-corrected chi connectivity index (χ1v) is 5.68. The molecular weight excluding hydrogens is 303 g/mol. The zero-order valence-electron chi connectivity index (χ0n) is 10.00. The van der Waals surface area contributed by atoms with Gasteiger partial charge in [0.2, 0.25) is 0 Å². The highest BCUT2D eigenvalue weighted by molar-refractivity contribution is 6.32. The molecule has 4 N–H and O–H groups in total. The monoisotopic (exact) mass is 313 g/mol. The maximum Gasteiger partial charge on any atom is 0.408 e. The first kappa shape index (κ1) is 16.1. The molecule has 0 saturated heterocycles. The average molecular weight is 314 g/mol. The molecule has 0 radical (unpaired) electrons. The summed E-state index contributed by atoms with van der Waals surface area (Å²) >= 11 is 5.65. The van der Waals surface area contributed by atoms with Gasteiger partial charge in [0.15, 0.2) is 0 Å². The summed E-state index contributed by atoms with van der Waals surface area (Å²) in [5.41, 5.74) is 3.84. The van der Waals surface area contributed by atoms with Gasteiger partial charge in [-0.05, 0) is 0 Å². The number of nitrogens with one attached hydrogen (secondary N) is 2. The number of nitrogens with zero attached hydrogens (tertiary/aromatic N) is 2. The van der Waals surface area contributed by atoms with Crippen molar-refractivity contribution < 1.29 is 18.0 Å². The van der Waals surface area contributed by atoms with Crippen molar-refractivity contribution in [1.29, 1.82) is 0 Å². The smallest absolute Gasteiger partial charge is 0.381 e. The number of rotatable bonds is 5. The number of carbonyl (C=O) groups excluding carboxylic acids is 1. The van der Waals surface area contributed by atoms with Gasteiger partial charge in [-0.25, -0.2) is 9.48 Å². The molecule has 0 spiro atoms. The number of aromatic nitrogens is 2. The minimum absolute atomic E-state index is 0.0707. The van der Waals surface area contributed by atoms with Gasteiger partial charge in [0.05, 0.1) is 11.9 Å². The minimum atomic E-state index is -4.57. The Hall–Kier alpha value is -1.97. The molecule has 7 nitrogen and oxygen atoms in total. The second-order valence-electron chi connectivity index (χ2n) is 3.67. The fourth-order valence-electron chi connectivity index (χ4n) is 1.25. The normalized spacial score (nSPS) is 11.2. The van der Waals surface area contributed by atoms with E-state index in [1.165, 1.54) is 0 Å². The van der Waals surface area contributed by atoms with Crippen molar-refractivity contribution in [3.63, 3.8) is 0 Å². The van der Waals surface area contributed by atoms with Crippen molar-refractivity contribution >= 4 is 23.3 Å². The molecule has 0 aliphatic rings. The molecule has 20 heavy (non-hydrogen) atoms. The summed E-state index contributed by atoms with van der Waals surface area (Å²) in [5.74, 6) is 0. The molecule has 11 heteroatoms. The van der Waals surface area contributed by atoms with Crippen LogP contribution in [0, 0.1) is 0 Å². The van der Waals surface area contributed by atoms with E-state index in [0.29, 0.717) is 0 Å². The lowest BCUT2D eigenvalue weighted by Gasteiger charge is -2.11. The molecule has 0 bridgehead atoms. The molecular formula is C9H11ClF3N5O2. The van der Waals surface area contributed by atoms with Gasteiger partial charge in [-0.15, -0.1) is 0 Å². The number of urea groups is 1. The zero-order chi connectivity index (χ0) is 15.3. The van der Waals surface area contributed by atoms with Crippen molar-refractivity contribution in [3.05, 3.63) is 21.6 Å². The van der Waals surface area contributed by atoms with E-state index in [9.17, 15) is 22.8 Å². The maximum absolute atomic E-state index is 12.2. The molecule has 1 aromatic heterocycles. The van der Waals surface area contributed by atoms with E-state index in [2.05, 4.69) is 15.7 Å². The average Bonchev–Trinajstić information content (AvgIpc) is 2.31. The van der Waals surface area contributed by atoms with E-state index >= 15 is 0 Å². The highest BCUT2D eigenvalue weighted by Gasteiger charge is 2.29. The van der Waals surface area contributed by atoms with Crippen molar-refractivity contribution in [1.82, 2.24) is 15.1 Å². The number of hydrogen-bond acceptors (Lipinski definition) is 4. The predicted molar refractivity (Wildman–Crippen MR) is 65.6 cm³/mol. The number of amides is 2. The van der Waals surface area contributed by atoms with Crippen molar-refractivity contribution in [3.8, 4) is 0 Å². The predicted octanol–water partition coefficient (Wildman–Crippen LogP) is 0.539. The Labute approximate surface area is 115 Å². The van der Waals surface area contributed by atoms with Crippen LogP contribution < -0.4 is 21.9 Å². The Morgan fingerprint density at radius 2 is 2.10 bits per heavy atom. The zero-order valence-corrected chi connectivity index (χ0v) is 10.8. The van der Waals surface area contributed by atoms with Crippen LogP contribution in [0.2, 0.25) is 5.02 Å². The summed E-state index contributed by atoms with van der Waals surface area (Å²) < 4.78 is 36.7. The second-order valence-corrected chi connectivity index (χ2v) is 4.05. The minimum Gasteiger partial charge on any atom is -0.381 e. The molecule has 2 amide bonds. The molecule has 0 aliphatic carbocycles. The maximum atomic E-state index is 12.2. The first-order valence-electron chi connectivity index (χ1n) is 5.30. The summed E-state index contributed by atoms with van der Waals surface area (Å²) in [5, 5.41) is 7.86. The molecule has 1 heterocycles. The van der Waals surface area contributed by atoms with Crippen LogP contribution in [0.4, 0.5) is 23.7 Å². The standard InChI is InChI=1S/C9H11ClF3N5O2/c10-6-5(15-1-2-16-8(14)20)3-17-18(7(6)19)4-9(11,12)13/h3,15H,1-2,4H2,(H3,14,16,20). The van der Waals surface area contributed by atoms with E-state index < -0.39 is 29.3 Å². The van der Waals surface area contributed by atoms with Gasteiger partial charge in [-0.2, -0.15) is 18.3 Å². The van der Waals surface area contributed by atoms with Crippen LogP contribution >= 0.6 is 11.6 Å². The summed E-state index contributed by atoms with van der Waals surface area (Å²) in [7, 11) is 0. The second kappa shape index (κ2) is 6.46. The lowest BCUT2D eigenvalue weighted by molar-refractivity contribution is -0.143.